The van der Waals surface area contributed by atoms with E-state index in [4.69, 9.17) is 16.3 Å². The zero-order valence-corrected chi connectivity index (χ0v) is 15.9. The van der Waals surface area contributed by atoms with E-state index in [1.165, 1.54) is 7.11 Å². The van der Waals surface area contributed by atoms with Gasteiger partial charge in [-0.1, -0.05) is 29.8 Å². The van der Waals surface area contributed by atoms with Gasteiger partial charge < -0.3 is 19.9 Å². The number of ether oxygens (including phenoxy) is 1. The molecule has 142 valence electrons. The van der Waals surface area contributed by atoms with Gasteiger partial charge in [0.15, 0.2) is 0 Å². The summed E-state index contributed by atoms with van der Waals surface area (Å²) in [5.41, 5.74) is 2.08. The molecule has 1 aliphatic rings. The first-order chi connectivity index (χ1) is 13.1. The van der Waals surface area contributed by atoms with E-state index in [0.717, 1.165) is 18.8 Å². The first-order valence-electron chi connectivity index (χ1n) is 8.78. The van der Waals surface area contributed by atoms with Crippen molar-refractivity contribution in [3.05, 3.63) is 59.1 Å². The van der Waals surface area contributed by atoms with Gasteiger partial charge in [-0.2, -0.15) is 0 Å². The highest BCUT2D eigenvalue weighted by Gasteiger charge is 2.21. The summed E-state index contributed by atoms with van der Waals surface area (Å²) in [5.74, 6) is -0.430. The zero-order valence-electron chi connectivity index (χ0n) is 15.2. The van der Waals surface area contributed by atoms with Crippen LogP contribution in [0.25, 0.3) is 0 Å². The number of carbonyl (C=O) groups excluding carboxylic acids is 2. The summed E-state index contributed by atoms with van der Waals surface area (Å²) in [7, 11) is 1.34. The van der Waals surface area contributed by atoms with Gasteiger partial charge >= 0.3 is 5.97 Å². The average molecular weight is 388 g/mol. The number of benzene rings is 2. The third-order valence-electron chi connectivity index (χ3n) is 4.57. The van der Waals surface area contributed by atoms with Crippen LogP contribution in [0.1, 0.15) is 10.4 Å². The minimum atomic E-state index is -0.430. The molecule has 0 bridgehead atoms. The molecule has 1 heterocycles. The second-order valence-electron chi connectivity index (χ2n) is 6.24. The van der Waals surface area contributed by atoms with Gasteiger partial charge in [0.25, 0.3) is 0 Å². The number of para-hydroxylation sites is 1. The van der Waals surface area contributed by atoms with Crippen molar-refractivity contribution in [2.45, 2.75) is 0 Å². The number of esters is 1. The van der Waals surface area contributed by atoms with Crippen LogP contribution in [-0.4, -0.2) is 56.6 Å². The highest BCUT2D eigenvalue weighted by Crippen LogP contribution is 2.21. The molecule has 1 aliphatic heterocycles. The van der Waals surface area contributed by atoms with E-state index in [1.807, 2.05) is 35.2 Å². The number of piperazine rings is 1. The lowest BCUT2D eigenvalue weighted by Crippen LogP contribution is -2.50. The average Bonchev–Trinajstić information content (AvgIpc) is 2.71. The fourth-order valence-corrected chi connectivity index (χ4v) is 3.28. The third-order valence-corrected chi connectivity index (χ3v) is 4.80. The Morgan fingerprint density at radius 1 is 1.07 bits per heavy atom. The topological polar surface area (TPSA) is 61.9 Å². The Bertz CT molecular complexity index is 820. The van der Waals surface area contributed by atoms with Gasteiger partial charge in [-0.25, -0.2) is 4.79 Å². The van der Waals surface area contributed by atoms with E-state index in [2.05, 4.69) is 10.2 Å². The molecule has 1 N–H and O–H groups in total. The maximum Gasteiger partial charge on any atom is 0.339 e. The number of methoxy groups -OCH3 is 1. The molecule has 27 heavy (non-hydrogen) atoms. The van der Waals surface area contributed by atoms with Gasteiger partial charge in [0, 0.05) is 42.6 Å². The minimum absolute atomic E-state index is 0.000382. The Labute approximate surface area is 163 Å². The van der Waals surface area contributed by atoms with Crippen LogP contribution in [0.3, 0.4) is 0 Å². The summed E-state index contributed by atoms with van der Waals surface area (Å²) in [5, 5.41) is 3.76. The third kappa shape index (κ3) is 4.71. The molecule has 0 aliphatic carbocycles. The number of hydrogen-bond acceptors (Lipinski definition) is 5. The van der Waals surface area contributed by atoms with Crippen molar-refractivity contribution in [2.24, 2.45) is 0 Å². The highest BCUT2D eigenvalue weighted by atomic mass is 35.5. The molecule has 0 saturated carbocycles. The van der Waals surface area contributed by atoms with Crippen molar-refractivity contribution >= 4 is 34.9 Å². The van der Waals surface area contributed by atoms with Crippen molar-refractivity contribution in [3.63, 3.8) is 0 Å². The molecule has 6 nitrogen and oxygen atoms in total. The number of nitrogens with one attached hydrogen (secondary N) is 1. The molecule has 2 aromatic rings. The number of anilines is 2. The molecular weight excluding hydrogens is 366 g/mol. The normalized spacial score (nSPS) is 14.0. The van der Waals surface area contributed by atoms with Crippen molar-refractivity contribution in [2.75, 3.05) is 50.1 Å². The molecule has 2 aromatic carbocycles. The van der Waals surface area contributed by atoms with Crippen molar-refractivity contribution in [1.29, 1.82) is 0 Å². The minimum Gasteiger partial charge on any atom is -0.465 e. The summed E-state index contributed by atoms with van der Waals surface area (Å²) in [4.78, 5) is 28.4. The van der Waals surface area contributed by atoms with Crippen LogP contribution in [-0.2, 0) is 9.53 Å². The van der Waals surface area contributed by atoms with Crippen LogP contribution in [0.2, 0.25) is 5.02 Å². The maximum absolute atomic E-state index is 12.5. The molecule has 1 saturated heterocycles. The van der Waals surface area contributed by atoms with E-state index in [1.54, 1.807) is 18.2 Å². The van der Waals surface area contributed by atoms with Crippen LogP contribution in [0.15, 0.2) is 48.5 Å². The number of carbonyl (C=O) groups is 2. The molecule has 3 rings (SSSR count). The molecule has 0 radical (unpaired) electrons. The van der Waals surface area contributed by atoms with Crippen LogP contribution >= 0.6 is 11.6 Å². The number of rotatable bonds is 5. The lowest BCUT2D eigenvalue weighted by atomic mass is 10.2. The molecule has 7 heteroatoms. The summed E-state index contributed by atoms with van der Waals surface area (Å²) in [6.07, 6.45) is 0. The maximum atomic E-state index is 12.5. The molecule has 0 spiro atoms. The summed E-state index contributed by atoms with van der Waals surface area (Å²) >= 11 is 6.06. The van der Waals surface area contributed by atoms with Crippen molar-refractivity contribution in [1.82, 2.24) is 4.90 Å². The second kappa shape index (κ2) is 8.77. The van der Waals surface area contributed by atoms with Gasteiger partial charge in [0.1, 0.15) is 0 Å². The van der Waals surface area contributed by atoms with E-state index in [0.29, 0.717) is 29.4 Å². The first kappa shape index (κ1) is 19.0. The summed E-state index contributed by atoms with van der Waals surface area (Å²) in [6.45, 7) is 2.93. The van der Waals surface area contributed by atoms with E-state index in [-0.39, 0.29) is 12.5 Å². The number of amides is 1. The van der Waals surface area contributed by atoms with Gasteiger partial charge in [0.05, 0.1) is 19.2 Å². The zero-order chi connectivity index (χ0) is 19.2. The van der Waals surface area contributed by atoms with Crippen LogP contribution in [0.4, 0.5) is 11.4 Å². The number of hydrogen-bond donors (Lipinski definition) is 1. The Morgan fingerprint density at radius 3 is 2.52 bits per heavy atom. The largest absolute Gasteiger partial charge is 0.465 e. The molecule has 0 unspecified atom stereocenters. The fraction of sp³-hybridized carbons (Fsp3) is 0.300. The van der Waals surface area contributed by atoms with Crippen LogP contribution in [0, 0.1) is 0 Å². The highest BCUT2D eigenvalue weighted by molar-refractivity contribution is 6.30. The quantitative estimate of drug-likeness (QED) is 0.799. The number of halogens is 1. The predicted molar refractivity (Wildman–Crippen MR) is 107 cm³/mol. The lowest BCUT2D eigenvalue weighted by Gasteiger charge is -2.36. The van der Waals surface area contributed by atoms with Crippen LogP contribution < -0.4 is 10.2 Å². The summed E-state index contributed by atoms with van der Waals surface area (Å²) in [6, 6.07) is 14.7. The molecule has 0 aromatic heterocycles. The van der Waals surface area contributed by atoms with E-state index < -0.39 is 5.97 Å². The van der Waals surface area contributed by atoms with Gasteiger partial charge in [0.2, 0.25) is 5.91 Å². The van der Waals surface area contributed by atoms with Crippen molar-refractivity contribution < 1.29 is 14.3 Å². The second-order valence-corrected chi connectivity index (χ2v) is 6.67. The summed E-state index contributed by atoms with van der Waals surface area (Å²) < 4.78 is 4.77. The Kier molecular flexibility index (Phi) is 6.19. The Hall–Kier alpha value is -2.73. The van der Waals surface area contributed by atoms with E-state index >= 15 is 0 Å². The number of nitrogens with zero attached hydrogens (tertiary/aromatic N) is 2. The predicted octanol–water partition coefficient (Wildman–Crippen LogP) is 2.89. The standard InChI is InChI=1S/C20H22ClN3O3/c1-27-20(26)17-7-2-3-8-18(17)22-14-19(25)24-11-9-23(10-12-24)16-6-4-5-15(21)13-16/h2-8,13,22H,9-12,14H2,1H3. The van der Waals surface area contributed by atoms with Gasteiger partial charge in [-0.05, 0) is 30.3 Å². The molecule has 1 fully saturated rings. The Balaban J connectivity index is 1.54. The smallest absolute Gasteiger partial charge is 0.339 e. The molecular formula is C20H22ClN3O3. The molecule has 0 atom stereocenters. The fourth-order valence-electron chi connectivity index (χ4n) is 3.09. The van der Waals surface area contributed by atoms with Crippen molar-refractivity contribution in [3.8, 4) is 0 Å². The Morgan fingerprint density at radius 2 is 1.81 bits per heavy atom. The van der Waals surface area contributed by atoms with E-state index in [9.17, 15) is 9.59 Å². The molecule has 1 amide bonds. The first-order valence-corrected chi connectivity index (χ1v) is 9.16. The monoisotopic (exact) mass is 387 g/mol. The van der Waals surface area contributed by atoms with Gasteiger partial charge in [-0.3, -0.25) is 4.79 Å². The lowest BCUT2D eigenvalue weighted by molar-refractivity contribution is -0.129. The van der Waals surface area contributed by atoms with Gasteiger partial charge in [-0.15, -0.1) is 0 Å². The van der Waals surface area contributed by atoms with Crippen LogP contribution in [0.5, 0.6) is 0 Å². The SMILES string of the molecule is COC(=O)c1ccccc1NCC(=O)N1CCN(c2cccc(Cl)c2)CC1.